The maximum absolute atomic E-state index is 12.6. The molecule has 0 N–H and O–H groups in total. The number of methoxy groups -OCH3 is 1. The van der Waals surface area contributed by atoms with Crippen LogP contribution in [0.15, 0.2) is 53.3 Å². The largest absolute Gasteiger partial charge is 0.496 e. The molecule has 0 atom stereocenters. The van der Waals surface area contributed by atoms with Gasteiger partial charge in [-0.05, 0) is 25.1 Å². The predicted molar refractivity (Wildman–Crippen MR) is 99.1 cm³/mol. The molecule has 2 heterocycles. The third-order valence-corrected chi connectivity index (χ3v) is 4.84. The Morgan fingerprint density at radius 1 is 1.16 bits per heavy atom. The molecule has 0 saturated heterocycles. The summed E-state index contributed by atoms with van der Waals surface area (Å²) in [7, 11) is 1.61. The van der Waals surface area contributed by atoms with Crippen molar-refractivity contribution in [3.8, 4) is 17.1 Å². The fourth-order valence-electron chi connectivity index (χ4n) is 2.67. The summed E-state index contributed by atoms with van der Waals surface area (Å²) in [5, 5.41) is 4.38. The van der Waals surface area contributed by atoms with Gasteiger partial charge < -0.3 is 4.74 Å². The van der Waals surface area contributed by atoms with Crippen molar-refractivity contribution in [1.29, 1.82) is 0 Å². The van der Waals surface area contributed by atoms with E-state index in [1.807, 2.05) is 61.5 Å². The molecule has 0 aliphatic rings. The molecule has 0 fully saturated rings. The molecule has 0 unspecified atom stereocenters. The first kappa shape index (κ1) is 15.5. The summed E-state index contributed by atoms with van der Waals surface area (Å²) >= 11 is 1.32. The SMILES string of the molecule is COc1ccccc1C=c1sc2nc(-c3cccc(C)c3)nn2c1=O. The first-order valence-electron chi connectivity index (χ1n) is 7.77. The van der Waals surface area contributed by atoms with Crippen LogP contribution < -0.4 is 14.8 Å². The van der Waals surface area contributed by atoms with Crippen molar-refractivity contribution >= 4 is 22.4 Å². The summed E-state index contributed by atoms with van der Waals surface area (Å²) in [6.07, 6.45) is 1.81. The molecule has 4 rings (SSSR count). The number of hydrogen-bond acceptors (Lipinski definition) is 5. The second-order valence-electron chi connectivity index (χ2n) is 5.66. The molecular formula is C19H15N3O2S. The number of para-hydroxylation sites is 1. The summed E-state index contributed by atoms with van der Waals surface area (Å²) in [5.74, 6) is 1.29. The van der Waals surface area contributed by atoms with E-state index in [1.165, 1.54) is 15.9 Å². The molecule has 0 aliphatic carbocycles. The Hall–Kier alpha value is -2.99. The summed E-state index contributed by atoms with van der Waals surface area (Å²) < 4.78 is 7.28. The highest BCUT2D eigenvalue weighted by Crippen LogP contribution is 2.19. The van der Waals surface area contributed by atoms with Gasteiger partial charge in [-0.2, -0.15) is 9.50 Å². The molecule has 0 saturated carbocycles. The molecule has 6 heteroatoms. The molecule has 0 bridgehead atoms. The van der Waals surface area contributed by atoms with Gasteiger partial charge in [0, 0.05) is 11.1 Å². The highest BCUT2D eigenvalue weighted by molar-refractivity contribution is 7.15. The van der Waals surface area contributed by atoms with Crippen molar-refractivity contribution in [3.05, 3.63) is 74.5 Å². The number of aryl methyl sites for hydroxylation is 1. The van der Waals surface area contributed by atoms with E-state index in [0.29, 0.717) is 15.3 Å². The van der Waals surface area contributed by atoms with Crippen LogP contribution >= 0.6 is 11.3 Å². The van der Waals surface area contributed by atoms with Crippen molar-refractivity contribution in [2.45, 2.75) is 6.92 Å². The fraction of sp³-hybridized carbons (Fsp3) is 0.105. The quantitative estimate of drug-likeness (QED) is 0.571. The summed E-state index contributed by atoms with van der Waals surface area (Å²) in [6.45, 7) is 2.02. The zero-order valence-electron chi connectivity index (χ0n) is 13.8. The first-order valence-corrected chi connectivity index (χ1v) is 8.59. The standard InChI is InChI=1S/C19H15N3O2S/c1-12-6-5-8-14(10-12)17-20-19-22(21-17)18(23)16(25-19)11-13-7-3-4-9-15(13)24-2/h3-11H,1-2H3. The van der Waals surface area contributed by atoms with Crippen LogP contribution in [-0.2, 0) is 0 Å². The van der Waals surface area contributed by atoms with E-state index >= 15 is 0 Å². The Labute approximate surface area is 147 Å². The number of benzene rings is 2. The van der Waals surface area contributed by atoms with Gasteiger partial charge in [0.1, 0.15) is 5.75 Å². The Morgan fingerprint density at radius 2 is 2.00 bits per heavy atom. The Balaban J connectivity index is 1.84. The minimum absolute atomic E-state index is 0.169. The van der Waals surface area contributed by atoms with Crippen molar-refractivity contribution in [1.82, 2.24) is 14.6 Å². The van der Waals surface area contributed by atoms with E-state index in [1.54, 1.807) is 7.11 Å². The molecule has 0 spiro atoms. The number of ether oxygens (including phenoxy) is 1. The Bertz CT molecular complexity index is 1180. The minimum Gasteiger partial charge on any atom is -0.496 e. The molecular weight excluding hydrogens is 334 g/mol. The first-order chi connectivity index (χ1) is 12.2. The smallest absolute Gasteiger partial charge is 0.291 e. The van der Waals surface area contributed by atoms with Gasteiger partial charge in [-0.15, -0.1) is 5.10 Å². The van der Waals surface area contributed by atoms with E-state index in [0.717, 1.165) is 22.4 Å². The van der Waals surface area contributed by atoms with Crippen molar-refractivity contribution in [2.24, 2.45) is 0 Å². The normalized spacial score (nSPS) is 12.0. The highest BCUT2D eigenvalue weighted by atomic mass is 32.1. The molecule has 2 aromatic heterocycles. The van der Waals surface area contributed by atoms with Crippen molar-refractivity contribution < 1.29 is 4.74 Å². The van der Waals surface area contributed by atoms with Crippen LogP contribution in [0.3, 0.4) is 0 Å². The van der Waals surface area contributed by atoms with Gasteiger partial charge in [-0.1, -0.05) is 53.3 Å². The van der Waals surface area contributed by atoms with Gasteiger partial charge >= 0.3 is 0 Å². The average Bonchev–Trinajstić information content (AvgIpc) is 3.16. The number of nitrogens with zero attached hydrogens (tertiary/aromatic N) is 3. The van der Waals surface area contributed by atoms with Gasteiger partial charge in [0.25, 0.3) is 5.56 Å². The van der Waals surface area contributed by atoms with Crippen LogP contribution in [0.5, 0.6) is 5.75 Å². The number of fused-ring (bicyclic) bond motifs is 1. The number of aromatic nitrogens is 3. The van der Waals surface area contributed by atoms with Crippen LogP contribution in [0.2, 0.25) is 0 Å². The maximum atomic E-state index is 12.6. The van der Waals surface area contributed by atoms with Crippen molar-refractivity contribution in [3.63, 3.8) is 0 Å². The lowest BCUT2D eigenvalue weighted by Gasteiger charge is -2.02. The van der Waals surface area contributed by atoms with E-state index in [4.69, 9.17) is 4.74 Å². The lowest BCUT2D eigenvalue weighted by molar-refractivity contribution is 0.414. The molecule has 5 nitrogen and oxygen atoms in total. The predicted octanol–water partition coefficient (Wildman–Crippen LogP) is 2.68. The Kier molecular flexibility index (Phi) is 3.82. The summed E-state index contributed by atoms with van der Waals surface area (Å²) in [4.78, 5) is 17.7. The second kappa shape index (κ2) is 6.14. The van der Waals surface area contributed by atoms with Gasteiger partial charge in [-0.25, -0.2) is 0 Å². The van der Waals surface area contributed by atoms with Crippen LogP contribution in [0.25, 0.3) is 22.4 Å². The molecule has 4 aromatic rings. The zero-order chi connectivity index (χ0) is 17.4. The lowest BCUT2D eigenvalue weighted by atomic mass is 10.1. The monoisotopic (exact) mass is 349 g/mol. The average molecular weight is 349 g/mol. The highest BCUT2D eigenvalue weighted by Gasteiger charge is 2.12. The van der Waals surface area contributed by atoms with Crippen LogP contribution in [0, 0.1) is 6.92 Å². The molecule has 25 heavy (non-hydrogen) atoms. The van der Waals surface area contributed by atoms with Gasteiger partial charge in [-0.3, -0.25) is 4.79 Å². The van der Waals surface area contributed by atoms with E-state index < -0.39 is 0 Å². The zero-order valence-corrected chi connectivity index (χ0v) is 14.6. The molecule has 0 aliphatic heterocycles. The number of rotatable bonds is 3. The third kappa shape index (κ3) is 2.81. The van der Waals surface area contributed by atoms with Crippen LogP contribution in [-0.4, -0.2) is 21.7 Å². The molecule has 0 amide bonds. The molecule has 2 aromatic carbocycles. The van der Waals surface area contributed by atoms with Crippen molar-refractivity contribution in [2.75, 3.05) is 7.11 Å². The van der Waals surface area contributed by atoms with E-state index in [9.17, 15) is 4.79 Å². The Morgan fingerprint density at radius 3 is 2.76 bits per heavy atom. The molecule has 124 valence electrons. The molecule has 0 radical (unpaired) electrons. The van der Waals surface area contributed by atoms with Crippen LogP contribution in [0.1, 0.15) is 11.1 Å². The van der Waals surface area contributed by atoms with Gasteiger partial charge in [0.2, 0.25) is 4.96 Å². The van der Waals surface area contributed by atoms with E-state index in [-0.39, 0.29) is 5.56 Å². The van der Waals surface area contributed by atoms with Crippen LogP contribution in [0.4, 0.5) is 0 Å². The topological polar surface area (TPSA) is 56.5 Å². The summed E-state index contributed by atoms with van der Waals surface area (Å²) in [5.41, 5.74) is 2.72. The van der Waals surface area contributed by atoms with E-state index in [2.05, 4.69) is 10.1 Å². The number of thiazole rings is 1. The van der Waals surface area contributed by atoms with Gasteiger partial charge in [0.05, 0.1) is 11.6 Å². The summed E-state index contributed by atoms with van der Waals surface area (Å²) in [6, 6.07) is 15.5. The minimum atomic E-state index is -0.169. The third-order valence-electron chi connectivity index (χ3n) is 3.88. The maximum Gasteiger partial charge on any atom is 0.291 e. The second-order valence-corrected chi connectivity index (χ2v) is 6.67. The number of hydrogen-bond donors (Lipinski definition) is 0. The van der Waals surface area contributed by atoms with Gasteiger partial charge in [0.15, 0.2) is 5.82 Å². The fourth-order valence-corrected chi connectivity index (χ4v) is 3.57. The lowest BCUT2D eigenvalue weighted by Crippen LogP contribution is -2.23.